The van der Waals surface area contributed by atoms with Crippen LogP contribution in [-0.4, -0.2) is 29.3 Å². The van der Waals surface area contributed by atoms with Crippen LogP contribution in [0.5, 0.6) is 0 Å². The van der Waals surface area contributed by atoms with Gasteiger partial charge >= 0.3 is 0 Å². The molecule has 0 saturated heterocycles. The van der Waals surface area contributed by atoms with Gasteiger partial charge in [-0.1, -0.05) is 18.3 Å². The molecule has 0 aliphatic heterocycles. The molecule has 0 spiro atoms. The minimum atomic E-state index is 0.609. The molecule has 0 aromatic carbocycles. The smallest absolute Gasteiger partial charge is 0.0893 e. The minimum absolute atomic E-state index is 0.609. The van der Waals surface area contributed by atoms with Crippen molar-refractivity contribution in [2.24, 2.45) is 5.92 Å². The average molecular weight is 215 g/mol. The molecule has 4 nitrogen and oxygen atoms in total. The second kappa shape index (κ2) is 6.86. The van der Waals surface area contributed by atoms with Crippen molar-refractivity contribution in [1.82, 2.24) is 14.9 Å². The normalized spacial score (nSPS) is 11.1. The van der Waals surface area contributed by atoms with Gasteiger partial charge in [-0.2, -0.15) is 0 Å². The second-order valence-electron chi connectivity index (χ2n) is 3.54. The molecule has 0 aliphatic carbocycles. The van der Waals surface area contributed by atoms with Crippen LogP contribution >= 0.6 is 11.5 Å². The summed E-state index contributed by atoms with van der Waals surface area (Å²) in [6, 6.07) is 0. The number of hydrogen-bond donors (Lipinski definition) is 1. The van der Waals surface area contributed by atoms with E-state index in [2.05, 4.69) is 28.8 Å². The minimum Gasteiger partial charge on any atom is -0.380 e. The van der Waals surface area contributed by atoms with Crippen molar-refractivity contribution >= 4 is 11.5 Å². The van der Waals surface area contributed by atoms with E-state index in [-0.39, 0.29) is 0 Å². The highest BCUT2D eigenvalue weighted by atomic mass is 32.1. The molecular weight excluding hydrogens is 198 g/mol. The SMILES string of the molecule is CC(C)COCCNCc1csnn1. The Morgan fingerprint density at radius 3 is 3.07 bits per heavy atom. The van der Waals surface area contributed by atoms with Crippen LogP contribution in [0.25, 0.3) is 0 Å². The molecule has 5 heteroatoms. The van der Waals surface area contributed by atoms with Gasteiger partial charge in [0.05, 0.1) is 12.3 Å². The molecule has 0 unspecified atom stereocenters. The molecule has 1 aromatic rings. The first-order valence-corrected chi connectivity index (χ1v) is 5.67. The molecule has 0 amide bonds. The Kier molecular flexibility index (Phi) is 5.66. The predicted molar refractivity (Wildman–Crippen MR) is 57.3 cm³/mol. The van der Waals surface area contributed by atoms with Gasteiger partial charge in [-0.05, 0) is 17.5 Å². The molecule has 0 radical (unpaired) electrons. The number of hydrogen-bond acceptors (Lipinski definition) is 5. The zero-order chi connectivity index (χ0) is 10.2. The van der Waals surface area contributed by atoms with Gasteiger partial charge in [0, 0.05) is 25.1 Å². The van der Waals surface area contributed by atoms with E-state index in [4.69, 9.17) is 4.74 Å². The van der Waals surface area contributed by atoms with E-state index in [1.54, 1.807) is 0 Å². The Bertz CT molecular complexity index is 226. The quantitative estimate of drug-likeness (QED) is 0.696. The van der Waals surface area contributed by atoms with Crippen LogP contribution in [0.1, 0.15) is 19.5 Å². The van der Waals surface area contributed by atoms with E-state index in [0.29, 0.717) is 5.92 Å². The summed E-state index contributed by atoms with van der Waals surface area (Å²) in [5.74, 6) is 0.609. The van der Waals surface area contributed by atoms with Crippen LogP contribution in [-0.2, 0) is 11.3 Å². The van der Waals surface area contributed by atoms with E-state index in [1.807, 2.05) is 5.38 Å². The third-order valence-electron chi connectivity index (χ3n) is 1.59. The fourth-order valence-corrected chi connectivity index (χ4v) is 1.39. The van der Waals surface area contributed by atoms with Crippen molar-refractivity contribution in [3.63, 3.8) is 0 Å². The highest BCUT2D eigenvalue weighted by Crippen LogP contribution is 1.95. The Labute approximate surface area is 88.8 Å². The van der Waals surface area contributed by atoms with Gasteiger partial charge in [-0.25, -0.2) is 0 Å². The zero-order valence-corrected chi connectivity index (χ0v) is 9.51. The highest BCUT2D eigenvalue weighted by molar-refractivity contribution is 7.03. The lowest BCUT2D eigenvalue weighted by Gasteiger charge is -2.06. The van der Waals surface area contributed by atoms with E-state index in [0.717, 1.165) is 32.0 Å². The molecule has 14 heavy (non-hydrogen) atoms. The van der Waals surface area contributed by atoms with Crippen molar-refractivity contribution in [2.75, 3.05) is 19.8 Å². The molecule has 1 rings (SSSR count). The molecule has 0 saturated carbocycles. The van der Waals surface area contributed by atoms with Crippen molar-refractivity contribution in [2.45, 2.75) is 20.4 Å². The first-order chi connectivity index (χ1) is 6.79. The fraction of sp³-hybridized carbons (Fsp3) is 0.778. The Morgan fingerprint density at radius 2 is 2.43 bits per heavy atom. The maximum absolute atomic E-state index is 5.42. The summed E-state index contributed by atoms with van der Waals surface area (Å²) in [7, 11) is 0. The van der Waals surface area contributed by atoms with E-state index in [9.17, 15) is 0 Å². The molecule has 0 fully saturated rings. The average Bonchev–Trinajstić information content (AvgIpc) is 2.63. The van der Waals surface area contributed by atoms with E-state index < -0.39 is 0 Å². The zero-order valence-electron chi connectivity index (χ0n) is 8.69. The van der Waals surface area contributed by atoms with Crippen LogP contribution in [0, 0.1) is 5.92 Å². The first kappa shape index (κ1) is 11.6. The third kappa shape index (κ3) is 5.26. The summed E-state index contributed by atoms with van der Waals surface area (Å²) in [6.45, 7) is 7.53. The summed E-state index contributed by atoms with van der Waals surface area (Å²) in [5, 5.41) is 9.11. The molecular formula is C9H17N3OS. The van der Waals surface area contributed by atoms with E-state index in [1.165, 1.54) is 11.5 Å². The number of aromatic nitrogens is 2. The van der Waals surface area contributed by atoms with Crippen molar-refractivity contribution in [3.8, 4) is 0 Å². The summed E-state index contributed by atoms with van der Waals surface area (Å²) < 4.78 is 9.20. The number of nitrogens with one attached hydrogen (secondary N) is 1. The molecule has 1 heterocycles. The number of rotatable bonds is 7. The van der Waals surface area contributed by atoms with Gasteiger partial charge in [0.1, 0.15) is 0 Å². The van der Waals surface area contributed by atoms with Crippen molar-refractivity contribution in [3.05, 3.63) is 11.1 Å². The van der Waals surface area contributed by atoms with E-state index >= 15 is 0 Å². The maximum atomic E-state index is 5.42. The lowest BCUT2D eigenvalue weighted by molar-refractivity contribution is 0.111. The van der Waals surface area contributed by atoms with Crippen LogP contribution in [0.3, 0.4) is 0 Å². The van der Waals surface area contributed by atoms with Gasteiger partial charge < -0.3 is 10.1 Å². The molecule has 0 aliphatic rings. The molecule has 80 valence electrons. The molecule has 0 atom stereocenters. The topological polar surface area (TPSA) is 47.0 Å². The van der Waals surface area contributed by atoms with Gasteiger partial charge in [-0.15, -0.1) is 5.10 Å². The maximum Gasteiger partial charge on any atom is 0.0893 e. The summed E-state index contributed by atoms with van der Waals surface area (Å²) >= 11 is 1.38. The van der Waals surface area contributed by atoms with Crippen LogP contribution in [0.2, 0.25) is 0 Å². The summed E-state index contributed by atoms with van der Waals surface area (Å²) in [6.07, 6.45) is 0. The number of ether oxygens (including phenoxy) is 1. The summed E-state index contributed by atoms with van der Waals surface area (Å²) in [5.41, 5.74) is 0.999. The number of nitrogens with zero attached hydrogens (tertiary/aromatic N) is 2. The van der Waals surface area contributed by atoms with Crippen molar-refractivity contribution in [1.29, 1.82) is 0 Å². The van der Waals surface area contributed by atoms with Gasteiger partial charge in [-0.3, -0.25) is 0 Å². The third-order valence-corrected chi connectivity index (χ3v) is 2.14. The predicted octanol–water partition coefficient (Wildman–Crippen LogP) is 1.30. The highest BCUT2D eigenvalue weighted by Gasteiger charge is 1.96. The molecule has 1 N–H and O–H groups in total. The molecule has 1 aromatic heterocycles. The Balaban J connectivity index is 1.90. The Hall–Kier alpha value is -0.520. The van der Waals surface area contributed by atoms with Crippen LogP contribution < -0.4 is 5.32 Å². The monoisotopic (exact) mass is 215 g/mol. The standard InChI is InChI=1S/C9H17N3OS/c1-8(2)6-13-4-3-10-5-9-7-14-12-11-9/h7-8,10H,3-6H2,1-2H3. The first-order valence-electron chi connectivity index (χ1n) is 4.83. The molecule has 0 bridgehead atoms. The van der Waals surface area contributed by atoms with Gasteiger partial charge in [0.2, 0.25) is 0 Å². The van der Waals surface area contributed by atoms with Gasteiger partial charge in [0.25, 0.3) is 0 Å². The summed E-state index contributed by atoms with van der Waals surface area (Å²) in [4.78, 5) is 0. The second-order valence-corrected chi connectivity index (χ2v) is 4.15. The van der Waals surface area contributed by atoms with Crippen LogP contribution in [0.4, 0.5) is 0 Å². The largest absolute Gasteiger partial charge is 0.380 e. The van der Waals surface area contributed by atoms with Crippen LogP contribution in [0.15, 0.2) is 5.38 Å². The van der Waals surface area contributed by atoms with Gasteiger partial charge in [0.15, 0.2) is 0 Å². The fourth-order valence-electron chi connectivity index (χ4n) is 0.941. The lowest BCUT2D eigenvalue weighted by atomic mass is 10.2. The lowest BCUT2D eigenvalue weighted by Crippen LogP contribution is -2.20. The Morgan fingerprint density at radius 1 is 1.57 bits per heavy atom. The van der Waals surface area contributed by atoms with Crippen molar-refractivity contribution < 1.29 is 4.74 Å².